The molecule has 0 aliphatic rings. The summed E-state index contributed by atoms with van der Waals surface area (Å²) < 4.78 is 5.79. The van der Waals surface area contributed by atoms with Gasteiger partial charge in [0.1, 0.15) is 23.2 Å². The number of allylic oxidation sites excluding steroid dienone is 2. The molecule has 25 heavy (non-hydrogen) atoms. The Morgan fingerprint density at radius 1 is 1.24 bits per heavy atom. The van der Waals surface area contributed by atoms with Gasteiger partial charge in [-0.15, -0.1) is 0 Å². The third-order valence-electron chi connectivity index (χ3n) is 3.62. The molecular formula is C20H23N3OS. The van der Waals surface area contributed by atoms with Gasteiger partial charge < -0.3 is 15.8 Å². The first kappa shape index (κ1) is 18.7. The summed E-state index contributed by atoms with van der Waals surface area (Å²) >= 11 is 5.37. The summed E-state index contributed by atoms with van der Waals surface area (Å²) in [5.74, 6) is 1.27. The molecular weight excluding hydrogens is 330 g/mol. The van der Waals surface area contributed by atoms with E-state index in [1.54, 1.807) is 6.20 Å². The van der Waals surface area contributed by atoms with Crippen molar-refractivity contribution in [2.45, 2.75) is 20.4 Å². The van der Waals surface area contributed by atoms with E-state index in [4.69, 9.17) is 22.7 Å². The Labute approximate surface area is 154 Å². The van der Waals surface area contributed by atoms with E-state index >= 15 is 0 Å². The summed E-state index contributed by atoms with van der Waals surface area (Å²) in [6, 6.07) is 11.6. The lowest BCUT2D eigenvalue weighted by molar-refractivity contribution is 0.355. The maximum absolute atomic E-state index is 5.84. The molecule has 0 fully saturated rings. The zero-order valence-electron chi connectivity index (χ0n) is 14.5. The van der Waals surface area contributed by atoms with Gasteiger partial charge in [-0.25, -0.2) is 4.98 Å². The SMILES string of the molecule is C/C=C\C(=C/C)COc1ccc(CNC(=S)c2cccnc2N)cc1. The molecule has 0 spiro atoms. The van der Waals surface area contributed by atoms with Crippen LogP contribution in [0.1, 0.15) is 25.0 Å². The lowest BCUT2D eigenvalue weighted by Gasteiger charge is -2.11. The van der Waals surface area contributed by atoms with E-state index in [0.29, 0.717) is 24.0 Å². The first-order valence-corrected chi connectivity index (χ1v) is 8.53. The molecule has 0 unspecified atom stereocenters. The van der Waals surface area contributed by atoms with E-state index in [0.717, 1.165) is 22.4 Å². The molecule has 5 heteroatoms. The van der Waals surface area contributed by atoms with Crippen LogP contribution in [0.5, 0.6) is 5.75 Å². The van der Waals surface area contributed by atoms with Gasteiger partial charge in [-0.1, -0.05) is 42.6 Å². The highest BCUT2D eigenvalue weighted by atomic mass is 32.1. The summed E-state index contributed by atoms with van der Waals surface area (Å²) in [5, 5.41) is 3.20. The van der Waals surface area contributed by atoms with Gasteiger partial charge in [0.2, 0.25) is 0 Å². The molecule has 0 atom stereocenters. The van der Waals surface area contributed by atoms with Crippen molar-refractivity contribution in [2.24, 2.45) is 0 Å². The van der Waals surface area contributed by atoms with Crippen LogP contribution in [-0.2, 0) is 6.54 Å². The van der Waals surface area contributed by atoms with Gasteiger partial charge in [0.15, 0.2) is 0 Å². The Morgan fingerprint density at radius 3 is 2.64 bits per heavy atom. The highest BCUT2D eigenvalue weighted by Crippen LogP contribution is 2.14. The molecule has 3 N–H and O–H groups in total. The first-order valence-electron chi connectivity index (χ1n) is 8.12. The lowest BCUT2D eigenvalue weighted by atomic mass is 10.2. The second-order valence-corrected chi connectivity index (χ2v) is 5.82. The van der Waals surface area contributed by atoms with Crippen molar-refractivity contribution >= 4 is 23.0 Å². The van der Waals surface area contributed by atoms with Gasteiger partial charge in [0.25, 0.3) is 0 Å². The number of nitrogens with zero attached hydrogens (tertiary/aromatic N) is 1. The van der Waals surface area contributed by atoms with Crippen LogP contribution in [0.4, 0.5) is 5.82 Å². The summed E-state index contributed by atoms with van der Waals surface area (Å²) in [6.07, 6.45) is 7.74. The maximum Gasteiger partial charge on any atom is 0.133 e. The number of hydrogen-bond acceptors (Lipinski definition) is 4. The second-order valence-electron chi connectivity index (χ2n) is 5.42. The fourth-order valence-electron chi connectivity index (χ4n) is 2.20. The lowest BCUT2D eigenvalue weighted by Crippen LogP contribution is -2.23. The predicted molar refractivity (Wildman–Crippen MR) is 108 cm³/mol. The van der Waals surface area contributed by atoms with Crippen LogP contribution in [0.25, 0.3) is 0 Å². The zero-order valence-corrected chi connectivity index (χ0v) is 15.3. The average molecular weight is 353 g/mol. The van der Waals surface area contributed by atoms with Crippen LogP contribution < -0.4 is 15.8 Å². The molecule has 4 nitrogen and oxygen atoms in total. The monoisotopic (exact) mass is 353 g/mol. The third kappa shape index (κ3) is 5.72. The topological polar surface area (TPSA) is 60.2 Å². The Kier molecular flexibility index (Phi) is 7.16. The fraction of sp³-hybridized carbons (Fsp3) is 0.200. The minimum absolute atomic E-state index is 0.435. The van der Waals surface area contributed by atoms with Gasteiger partial charge in [0, 0.05) is 12.7 Å². The van der Waals surface area contributed by atoms with Crippen molar-refractivity contribution < 1.29 is 4.74 Å². The summed E-state index contributed by atoms with van der Waals surface area (Å²) in [5.41, 5.74) is 8.84. The van der Waals surface area contributed by atoms with E-state index in [1.165, 1.54) is 0 Å². The van der Waals surface area contributed by atoms with E-state index < -0.39 is 0 Å². The molecule has 0 aliphatic carbocycles. The summed E-state index contributed by atoms with van der Waals surface area (Å²) in [6.45, 7) is 5.18. The highest BCUT2D eigenvalue weighted by Gasteiger charge is 2.05. The fourth-order valence-corrected chi connectivity index (χ4v) is 2.44. The minimum Gasteiger partial charge on any atom is -0.489 e. The number of nitrogen functional groups attached to an aromatic ring is 1. The Hall–Kier alpha value is -2.66. The van der Waals surface area contributed by atoms with Gasteiger partial charge in [-0.3, -0.25) is 0 Å². The number of aromatic nitrogens is 1. The standard InChI is InChI=1S/C20H23N3OS/c1-3-6-15(4-2)14-24-17-10-8-16(9-11-17)13-23-20(25)18-7-5-12-22-19(18)21/h3-12H,13-14H2,1-2H3,(H2,21,22)(H,23,25)/b6-3-,15-4+. The van der Waals surface area contributed by atoms with Crippen molar-refractivity contribution in [1.29, 1.82) is 0 Å². The molecule has 0 bridgehead atoms. The van der Waals surface area contributed by atoms with Crippen LogP contribution in [0.2, 0.25) is 0 Å². The number of nitrogens with two attached hydrogens (primary N) is 1. The first-order chi connectivity index (χ1) is 12.1. The summed E-state index contributed by atoms with van der Waals surface area (Å²) in [7, 11) is 0. The van der Waals surface area contributed by atoms with Crippen LogP contribution in [0.15, 0.2) is 66.4 Å². The number of hydrogen-bond donors (Lipinski definition) is 2. The van der Waals surface area contributed by atoms with Crippen LogP contribution >= 0.6 is 12.2 Å². The van der Waals surface area contributed by atoms with Gasteiger partial charge in [0.05, 0.1) is 5.56 Å². The highest BCUT2D eigenvalue weighted by molar-refractivity contribution is 7.80. The largest absolute Gasteiger partial charge is 0.489 e. The number of thiocarbonyl (C=S) groups is 1. The van der Waals surface area contributed by atoms with Crippen LogP contribution in [-0.4, -0.2) is 16.6 Å². The molecule has 0 amide bonds. The van der Waals surface area contributed by atoms with Crippen molar-refractivity contribution in [3.8, 4) is 5.75 Å². The molecule has 1 aromatic heterocycles. The van der Waals surface area contributed by atoms with E-state index in [9.17, 15) is 0 Å². The molecule has 0 radical (unpaired) electrons. The molecule has 0 saturated carbocycles. The predicted octanol–water partition coefficient (Wildman–Crippen LogP) is 4.03. The number of rotatable bonds is 7. The molecule has 1 aromatic carbocycles. The number of pyridine rings is 1. The van der Waals surface area contributed by atoms with E-state index in [-0.39, 0.29) is 0 Å². The van der Waals surface area contributed by atoms with Crippen LogP contribution in [0.3, 0.4) is 0 Å². The molecule has 2 aromatic rings. The summed E-state index contributed by atoms with van der Waals surface area (Å²) in [4.78, 5) is 4.64. The normalized spacial score (nSPS) is 11.5. The molecule has 1 heterocycles. The van der Waals surface area contributed by atoms with Gasteiger partial charge in [-0.2, -0.15) is 0 Å². The van der Waals surface area contributed by atoms with Crippen molar-refractivity contribution in [3.05, 3.63) is 77.5 Å². The zero-order chi connectivity index (χ0) is 18.1. The number of anilines is 1. The van der Waals surface area contributed by atoms with E-state index in [2.05, 4.69) is 10.3 Å². The minimum atomic E-state index is 0.435. The van der Waals surface area contributed by atoms with Gasteiger partial charge in [-0.05, 0) is 49.2 Å². The Morgan fingerprint density at radius 2 is 2.00 bits per heavy atom. The van der Waals surface area contributed by atoms with Crippen molar-refractivity contribution in [1.82, 2.24) is 10.3 Å². The molecule has 0 saturated heterocycles. The maximum atomic E-state index is 5.84. The Bertz CT molecular complexity index is 767. The number of benzene rings is 1. The third-order valence-corrected chi connectivity index (χ3v) is 3.98. The van der Waals surface area contributed by atoms with Crippen molar-refractivity contribution in [2.75, 3.05) is 12.3 Å². The average Bonchev–Trinajstić information content (AvgIpc) is 2.64. The Balaban J connectivity index is 1.88. The smallest absolute Gasteiger partial charge is 0.133 e. The van der Waals surface area contributed by atoms with Crippen molar-refractivity contribution in [3.63, 3.8) is 0 Å². The van der Waals surface area contributed by atoms with Gasteiger partial charge >= 0.3 is 0 Å². The molecule has 0 aliphatic heterocycles. The quantitative estimate of drug-likeness (QED) is 0.581. The second kappa shape index (κ2) is 9.59. The number of nitrogens with one attached hydrogen (secondary N) is 1. The molecule has 130 valence electrons. The van der Waals surface area contributed by atoms with Crippen LogP contribution in [0, 0.1) is 0 Å². The molecule has 2 rings (SSSR count). The number of ether oxygens (including phenoxy) is 1. The van der Waals surface area contributed by atoms with E-state index in [1.807, 2.05) is 68.5 Å².